The fraction of sp³-hybridized carbons (Fsp3) is 0.448. The van der Waals surface area contributed by atoms with Gasteiger partial charge in [-0.25, -0.2) is 9.78 Å². The number of carbonyl (C=O) groups excluding carboxylic acids is 4. The van der Waals surface area contributed by atoms with E-state index in [9.17, 15) is 19.2 Å². The van der Waals surface area contributed by atoms with Crippen molar-refractivity contribution in [1.82, 2.24) is 29.9 Å². The lowest BCUT2D eigenvalue weighted by molar-refractivity contribution is -0.136. The van der Waals surface area contributed by atoms with Gasteiger partial charge in [0.1, 0.15) is 11.6 Å². The van der Waals surface area contributed by atoms with E-state index >= 15 is 0 Å². The minimum absolute atomic E-state index is 0.205. The molecule has 0 saturated carbocycles. The molecule has 3 amide bonds. The summed E-state index contributed by atoms with van der Waals surface area (Å²) in [7, 11) is 0. The lowest BCUT2D eigenvalue weighted by atomic mass is 10.0. The first kappa shape index (κ1) is 26.1. The van der Waals surface area contributed by atoms with E-state index in [1.807, 2.05) is 18.2 Å². The van der Waals surface area contributed by atoms with Crippen LogP contribution in [0, 0.1) is 0 Å². The van der Waals surface area contributed by atoms with Gasteiger partial charge in [0.05, 0.1) is 11.9 Å². The largest absolute Gasteiger partial charge is 0.442 e. The number of aromatic nitrogens is 3. The summed E-state index contributed by atoms with van der Waals surface area (Å²) in [5, 5.41) is 7.47. The number of amides is 3. The molecule has 6 rings (SSSR count). The molecule has 0 bridgehead atoms. The van der Waals surface area contributed by atoms with Gasteiger partial charge in [0.15, 0.2) is 5.65 Å². The summed E-state index contributed by atoms with van der Waals surface area (Å²) < 4.78 is 6.79. The van der Waals surface area contributed by atoms with Crippen LogP contribution in [-0.4, -0.2) is 73.1 Å². The molecule has 1 aromatic carbocycles. The van der Waals surface area contributed by atoms with Crippen LogP contribution in [0.1, 0.15) is 67.9 Å². The zero-order chi connectivity index (χ0) is 28.2. The van der Waals surface area contributed by atoms with E-state index in [0.717, 1.165) is 48.0 Å². The molecule has 0 aliphatic carbocycles. The van der Waals surface area contributed by atoms with Gasteiger partial charge in [-0.15, -0.1) is 4.68 Å². The van der Waals surface area contributed by atoms with Crippen LogP contribution in [0.25, 0.3) is 22.3 Å². The highest BCUT2D eigenvalue weighted by molar-refractivity contribution is 6.05. The molecule has 11 nitrogen and oxygen atoms in total. The van der Waals surface area contributed by atoms with Crippen LogP contribution in [0.3, 0.4) is 0 Å². The molecule has 5 heterocycles. The Bertz CT molecular complexity index is 1550. The van der Waals surface area contributed by atoms with Crippen molar-refractivity contribution in [2.24, 2.45) is 0 Å². The van der Waals surface area contributed by atoms with Crippen LogP contribution in [0.2, 0.25) is 0 Å². The number of benzene rings is 1. The Balaban J connectivity index is 1.37. The molecule has 1 atom stereocenters. The maximum absolute atomic E-state index is 13.2. The molecule has 2 saturated heterocycles. The van der Waals surface area contributed by atoms with Gasteiger partial charge in [-0.3, -0.25) is 24.6 Å². The van der Waals surface area contributed by atoms with Gasteiger partial charge in [0.2, 0.25) is 11.8 Å². The number of likely N-dealkylation sites (tertiary alicyclic amines) is 1. The Morgan fingerprint density at radius 2 is 1.90 bits per heavy atom. The van der Waals surface area contributed by atoms with E-state index in [0.29, 0.717) is 29.9 Å². The smallest absolute Gasteiger partial charge is 0.437 e. The predicted octanol–water partition coefficient (Wildman–Crippen LogP) is 3.24. The molecule has 3 aliphatic heterocycles. The van der Waals surface area contributed by atoms with Crippen molar-refractivity contribution in [2.75, 3.05) is 13.1 Å². The van der Waals surface area contributed by atoms with E-state index in [4.69, 9.17) is 9.72 Å². The first-order valence-electron chi connectivity index (χ1n) is 13.7. The maximum Gasteiger partial charge on any atom is 0.437 e. The Kier molecular flexibility index (Phi) is 6.41. The van der Waals surface area contributed by atoms with E-state index in [1.165, 1.54) is 9.58 Å². The van der Waals surface area contributed by atoms with Crippen molar-refractivity contribution in [3.05, 3.63) is 47.2 Å². The number of ether oxygens (including phenoxy) is 1. The number of imide groups is 1. The third-order valence-corrected chi connectivity index (χ3v) is 7.61. The second-order valence-electron chi connectivity index (χ2n) is 11.7. The van der Waals surface area contributed by atoms with Crippen molar-refractivity contribution in [3.8, 4) is 11.3 Å². The van der Waals surface area contributed by atoms with Gasteiger partial charge in [-0.1, -0.05) is 6.07 Å². The van der Waals surface area contributed by atoms with Gasteiger partial charge in [0.25, 0.3) is 5.91 Å². The number of hydrogen-bond acceptors (Lipinski definition) is 8. The summed E-state index contributed by atoms with van der Waals surface area (Å²) in [5.74, 6) is -0.978. The molecular weight excluding hydrogens is 512 g/mol. The Morgan fingerprint density at radius 1 is 1.12 bits per heavy atom. The predicted molar refractivity (Wildman–Crippen MR) is 145 cm³/mol. The van der Waals surface area contributed by atoms with Crippen molar-refractivity contribution in [3.63, 3.8) is 0 Å². The molecule has 11 heteroatoms. The average Bonchev–Trinajstić information content (AvgIpc) is 3.62. The topological polar surface area (TPSA) is 127 Å². The number of nitrogens with zero attached hydrogens (tertiary/aromatic N) is 5. The van der Waals surface area contributed by atoms with Gasteiger partial charge >= 0.3 is 6.09 Å². The SMILES string of the molecule is CC(C)(C)OC(=O)n1ncc2c(CN3CCCC3)cc(-c3ccc4c(c3)CN(C3CCC(=O)NC3=O)C4=O)nc21. The maximum atomic E-state index is 13.2. The summed E-state index contributed by atoms with van der Waals surface area (Å²) >= 11 is 0. The van der Waals surface area contributed by atoms with E-state index in [1.54, 1.807) is 33.0 Å². The molecule has 208 valence electrons. The average molecular weight is 545 g/mol. The molecule has 0 radical (unpaired) electrons. The molecule has 1 unspecified atom stereocenters. The van der Waals surface area contributed by atoms with Crippen LogP contribution in [0.5, 0.6) is 0 Å². The molecule has 3 aromatic rings. The number of rotatable bonds is 4. The fourth-order valence-corrected chi connectivity index (χ4v) is 5.70. The quantitative estimate of drug-likeness (QED) is 0.496. The molecule has 1 N–H and O–H groups in total. The molecule has 2 fully saturated rings. The second kappa shape index (κ2) is 9.81. The van der Waals surface area contributed by atoms with Crippen LogP contribution in [-0.2, 0) is 27.4 Å². The van der Waals surface area contributed by atoms with E-state index < -0.39 is 23.6 Å². The van der Waals surface area contributed by atoms with Crippen molar-refractivity contribution in [2.45, 2.75) is 71.2 Å². The third-order valence-electron chi connectivity index (χ3n) is 7.61. The minimum Gasteiger partial charge on any atom is -0.442 e. The van der Waals surface area contributed by atoms with E-state index in [2.05, 4.69) is 15.3 Å². The molecule has 40 heavy (non-hydrogen) atoms. The number of piperidine rings is 1. The highest BCUT2D eigenvalue weighted by Gasteiger charge is 2.39. The molecule has 0 spiro atoms. The summed E-state index contributed by atoms with van der Waals surface area (Å²) in [6.45, 7) is 8.41. The minimum atomic E-state index is -0.688. The Labute approximate surface area is 231 Å². The van der Waals surface area contributed by atoms with Crippen molar-refractivity contribution < 1.29 is 23.9 Å². The van der Waals surface area contributed by atoms with Crippen molar-refractivity contribution in [1.29, 1.82) is 0 Å². The third kappa shape index (κ3) is 4.85. The molecule has 2 aromatic heterocycles. The fourth-order valence-electron chi connectivity index (χ4n) is 5.70. The lowest BCUT2D eigenvalue weighted by Gasteiger charge is -2.29. The summed E-state index contributed by atoms with van der Waals surface area (Å²) in [6, 6.07) is 6.87. The normalized spacial score (nSPS) is 19.8. The highest BCUT2D eigenvalue weighted by Crippen LogP contribution is 2.33. The standard InChI is InChI=1S/C29H32N6O5/c1-29(2,3)40-28(39)35-25-21(14-30-35)19(15-33-10-4-5-11-33)13-22(31-25)17-6-7-20-18(12-17)16-34(27(20)38)23-8-9-24(36)32-26(23)37/h6-7,12-14,23H,4-5,8-11,15-16H2,1-3H3,(H,32,36,37). The summed E-state index contributed by atoms with van der Waals surface area (Å²) in [4.78, 5) is 59.0. The van der Waals surface area contributed by atoms with Gasteiger partial charge in [-0.05, 0) is 82.4 Å². The van der Waals surface area contributed by atoms with Crippen LogP contribution < -0.4 is 5.32 Å². The monoisotopic (exact) mass is 544 g/mol. The number of nitrogens with one attached hydrogen (secondary N) is 1. The van der Waals surface area contributed by atoms with Crippen LogP contribution in [0.4, 0.5) is 4.79 Å². The molecule has 3 aliphatic rings. The number of fused-ring (bicyclic) bond motifs is 2. The number of pyridine rings is 1. The number of carbonyl (C=O) groups is 4. The van der Waals surface area contributed by atoms with Crippen LogP contribution in [0.15, 0.2) is 30.5 Å². The summed E-state index contributed by atoms with van der Waals surface area (Å²) in [5.41, 5.74) is 3.51. The van der Waals surface area contributed by atoms with Gasteiger partial charge in [0, 0.05) is 36.0 Å². The Morgan fingerprint density at radius 3 is 2.62 bits per heavy atom. The zero-order valence-electron chi connectivity index (χ0n) is 22.9. The van der Waals surface area contributed by atoms with Gasteiger partial charge in [-0.2, -0.15) is 5.10 Å². The first-order chi connectivity index (χ1) is 19.1. The lowest BCUT2D eigenvalue weighted by Crippen LogP contribution is -2.52. The second-order valence-corrected chi connectivity index (χ2v) is 11.7. The zero-order valence-corrected chi connectivity index (χ0v) is 22.9. The van der Waals surface area contributed by atoms with Crippen LogP contribution >= 0.6 is 0 Å². The highest BCUT2D eigenvalue weighted by atomic mass is 16.6. The molecular formula is C29H32N6O5. The number of hydrogen-bond donors (Lipinski definition) is 1. The van der Waals surface area contributed by atoms with Gasteiger partial charge < -0.3 is 9.64 Å². The Hall–Kier alpha value is -4.12. The first-order valence-corrected chi connectivity index (χ1v) is 13.7. The summed E-state index contributed by atoms with van der Waals surface area (Å²) in [6.07, 6.45) is 3.89. The van der Waals surface area contributed by atoms with Crippen molar-refractivity contribution >= 4 is 34.8 Å². The van der Waals surface area contributed by atoms with E-state index in [-0.39, 0.29) is 24.8 Å².